The Hall–Kier alpha value is -2.17. The molecule has 0 unspecified atom stereocenters. The van der Waals surface area contributed by atoms with Crippen LogP contribution in [0, 0.1) is 0 Å². The highest BCUT2D eigenvalue weighted by Crippen LogP contribution is 2.21. The Morgan fingerprint density at radius 3 is 2.94 bits per heavy atom. The molecule has 1 aromatic carbocycles. The summed E-state index contributed by atoms with van der Waals surface area (Å²) in [5.74, 6) is 0.515. The third-order valence-corrected chi connectivity index (χ3v) is 2.36. The predicted octanol–water partition coefficient (Wildman–Crippen LogP) is 1.63. The molecule has 0 aromatic heterocycles. The molecule has 0 fully saturated rings. The van der Waals surface area contributed by atoms with Gasteiger partial charge in [0.15, 0.2) is 0 Å². The quantitative estimate of drug-likeness (QED) is 0.840. The average Bonchev–Trinajstić information content (AvgIpc) is 2.40. The highest BCUT2D eigenvalue weighted by atomic mass is 16.6. The van der Waals surface area contributed by atoms with Gasteiger partial charge in [0, 0.05) is 25.2 Å². The van der Waals surface area contributed by atoms with Crippen molar-refractivity contribution in [2.75, 3.05) is 13.7 Å². The summed E-state index contributed by atoms with van der Waals surface area (Å²) >= 11 is 0. The normalized spacial score (nSPS) is 14.1. The van der Waals surface area contributed by atoms with Crippen LogP contribution < -0.4 is 10.1 Å². The molecule has 0 radical (unpaired) electrons. The number of nitrogens with zero attached hydrogens (tertiary/aromatic N) is 2. The molecule has 1 heterocycles. The first-order chi connectivity index (χ1) is 8.31. The van der Waals surface area contributed by atoms with Crippen molar-refractivity contribution >= 4 is 18.0 Å². The molecule has 0 aliphatic carbocycles. The van der Waals surface area contributed by atoms with Gasteiger partial charge in [-0.1, -0.05) is 12.1 Å². The van der Waals surface area contributed by atoms with Crippen LogP contribution in [0.3, 0.4) is 0 Å². The molecule has 0 saturated carbocycles. The Labute approximate surface area is 99.2 Å². The fourth-order valence-corrected chi connectivity index (χ4v) is 1.54. The van der Waals surface area contributed by atoms with Crippen molar-refractivity contribution in [2.24, 2.45) is 9.98 Å². The van der Waals surface area contributed by atoms with Crippen LogP contribution in [-0.4, -0.2) is 31.7 Å². The van der Waals surface area contributed by atoms with Gasteiger partial charge >= 0.3 is 6.09 Å². The molecule has 0 atom stereocenters. The highest BCUT2D eigenvalue weighted by molar-refractivity contribution is 6.09. The number of amides is 1. The highest BCUT2D eigenvalue weighted by Gasteiger charge is 2.12. The van der Waals surface area contributed by atoms with Crippen molar-refractivity contribution in [1.29, 1.82) is 0 Å². The summed E-state index contributed by atoms with van der Waals surface area (Å²) in [4.78, 5) is 19.5. The zero-order valence-corrected chi connectivity index (χ0v) is 9.51. The minimum absolute atomic E-state index is 0.434. The van der Waals surface area contributed by atoms with Crippen molar-refractivity contribution < 1.29 is 9.53 Å². The lowest BCUT2D eigenvalue weighted by molar-refractivity contribution is 0.203. The summed E-state index contributed by atoms with van der Waals surface area (Å²) in [5, 5.41) is 2.42. The fourth-order valence-electron chi connectivity index (χ4n) is 1.54. The number of benzene rings is 1. The van der Waals surface area contributed by atoms with E-state index >= 15 is 0 Å². The van der Waals surface area contributed by atoms with Crippen molar-refractivity contribution in [2.45, 2.75) is 6.42 Å². The van der Waals surface area contributed by atoms with Crippen LogP contribution in [0.25, 0.3) is 0 Å². The maximum atomic E-state index is 11.2. The fraction of sp³-hybridized carbons (Fsp3) is 0.250. The summed E-state index contributed by atoms with van der Waals surface area (Å²) in [6, 6.07) is 7.34. The van der Waals surface area contributed by atoms with Crippen LogP contribution in [0.1, 0.15) is 12.0 Å². The van der Waals surface area contributed by atoms with Crippen LogP contribution in [-0.2, 0) is 0 Å². The molecule has 5 heteroatoms. The summed E-state index contributed by atoms with van der Waals surface area (Å²) in [6.07, 6.45) is 2.00. The molecular weight excluding hydrogens is 218 g/mol. The van der Waals surface area contributed by atoms with Gasteiger partial charge in [0.1, 0.15) is 12.4 Å². The Balaban J connectivity index is 2.27. The van der Waals surface area contributed by atoms with E-state index in [9.17, 15) is 4.79 Å². The van der Waals surface area contributed by atoms with E-state index in [1.807, 2.05) is 24.4 Å². The molecule has 17 heavy (non-hydrogen) atoms. The van der Waals surface area contributed by atoms with Crippen LogP contribution in [0.15, 0.2) is 34.3 Å². The average molecular weight is 231 g/mol. The maximum absolute atomic E-state index is 11.2. The molecule has 1 aliphatic heterocycles. The molecule has 0 spiro atoms. The van der Waals surface area contributed by atoms with Gasteiger partial charge in [-0.15, -0.1) is 0 Å². The van der Waals surface area contributed by atoms with Crippen LogP contribution in [0.4, 0.5) is 4.79 Å². The second-order valence-corrected chi connectivity index (χ2v) is 3.45. The van der Waals surface area contributed by atoms with Gasteiger partial charge in [-0.05, 0) is 12.1 Å². The minimum atomic E-state index is -0.484. The number of carbonyl (C=O) groups is 1. The van der Waals surface area contributed by atoms with E-state index in [4.69, 9.17) is 4.74 Å². The molecule has 2 rings (SSSR count). The zero-order valence-electron chi connectivity index (χ0n) is 9.51. The van der Waals surface area contributed by atoms with Gasteiger partial charge in [0.05, 0.1) is 5.71 Å². The molecular formula is C12H13N3O2. The van der Waals surface area contributed by atoms with Gasteiger partial charge < -0.3 is 10.1 Å². The van der Waals surface area contributed by atoms with Crippen molar-refractivity contribution in [3.8, 4) is 5.75 Å². The van der Waals surface area contributed by atoms with Crippen LogP contribution >= 0.6 is 0 Å². The smallest absolute Gasteiger partial charge is 0.410 e. The Morgan fingerprint density at radius 1 is 1.41 bits per heavy atom. The van der Waals surface area contributed by atoms with E-state index in [2.05, 4.69) is 15.3 Å². The molecule has 5 nitrogen and oxygen atoms in total. The van der Waals surface area contributed by atoms with E-state index in [1.165, 1.54) is 7.05 Å². The lowest BCUT2D eigenvalue weighted by Gasteiger charge is -2.12. The molecule has 1 N–H and O–H groups in total. The standard InChI is InChI=1S/C12H13N3O2/c1-13-12(16)17-11-5-3-2-4-9(11)10-6-7-14-8-15-10/h2-5,7H,6,8H2,1H3,(H,13,16). The SMILES string of the molecule is CNC(=O)Oc1ccccc1C1=NCN=CC1. The third-order valence-electron chi connectivity index (χ3n) is 2.36. The van der Waals surface area contributed by atoms with Gasteiger partial charge in [-0.2, -0.15) is 0 Å². The monoisotopic (exact) mass is 231 g/mol. The number of hydrogen-bond acceptors (Lipinski definition) is 4. The van der Waals surface area contributed by atoms with Crippen LogP contribution in [0.5, 0.6) is 5.75 Å². The molecule has 88 valence electrons. The number of hydrogen-bond donors (Lipinski definition) is 1. The van der Waals surface area contributed by atoms with E-state index in [0.29, 0.717) is 18.8 Å². The van der Waals surface area contributed by atoms with E-state index < -0.39 is 6.09 Å². The van der Waals surface area contributed by atoms with Crippen LogP contribution in [0.2, 0.25) is 0 Å². The van der Waals surface area contributed by atoms with Crippen molar-refractivity contribution in [1.82, 2.24) is 5.32 Å². The molecule has 0 saturated heterocycles. The number of rotatable bonds is 2. The second kappa shape index (κ2) is 5.25. The molecule has 1 amide bonds. The van der Waals surface area contributed by atoms with Gasteiger partial charge in [-0.3, -0.25) is 9.98 Å². The van der Waals surface area contributed by atoms with Gasteiger partial charge in [-0.25, -0.2) is 4.79 Å². The third kappa shape index (κ3) is 2.69. The number of ether oxygens (including phenoxy) is 1. The number of para-hydroxylation sites is 1. The Bertz CT molecular complexity index is 480. The summed E-state index contributed by atoms with van der Waals surface area (Å²) < 4.78 is 5.17. The Kier molecular flexibility index (Phi) is 3.49. The summed E-state index contributed by atoms with van der Waals surface area (Å²) in [5.41, 5.74) is 1.72. The second-order valence-electron chi connectivity index (χ2n) is 3.45. The largest absolute Gasteiger partial charge is 0.412 e. The van der Waals surface area contributed by atoms with Gasteiger partial charge in [0.2, 0.25) is 0 Å². The van der Waals surface area contributed by atoms with E-state index in [1.54, 1.807) is 6.07 Å². The van der Waals surface area contributed by atoms with Gasteiger partial charge in [0.25, 0.3) is 0 Å². The lowest BCUT2D eigenvalue weighted by atomic mass is 10.1. The summed E-state index contributed by atoms with van der Waals surface area (Å²) in [6.45, 7) is 0.434. The lowest BCUT2D eigenvalue weighted by Crippen LogP contribution is -2.23. The first-order valence-corrected chi connectivity index (χ1v) is 5.32. The number of nitrogens with one attached hydrogen (secondary N) is 1. The summed E-state index contributed by atoms with van der Waals surface area (Å²) in [7, 11) is 1.52. The maximum Gasteiger partial charge on any atom is 0.412 e. The minimum Gasteiger partial charge on any atom is -0.410 e. The topological polar surface area (TPSA) is 63.0 Å². The first-order valence-electron chi connectivity index (χ1n) is 5.32. The first kappa shape index (κ1) is 11.3. The van der Waals surface area contributed by atoms with E-state index in [0.717, 1.165) is 11.3 Å². The Morgan fingerprint density at radius 2 is 2.24 bits per heavy atom. The predicted molar refractivity (Wildman–Crippen MR) is 66.0 cm³/mol. The van der Waals surface area contributed by atoms with Crippen molar-refractivity contribution in [3.05, 3.63) is 29.8 Å². The zero-order chi connectivity index (χ0) is 12.1. The number of carbonyl (C=O) groups excluding carboxylic acids is 1. The molecule has 1 aromatic rings. The molecule has 0 bridgehead atoms. The van der Waals surface area contributed by atoms with Crippen molar-refractivity contribution in [3.63, 3.8) is 0 Å². The molecule has 1 aliphatic rings. The number of aliphatic imine (C=N–C) groups is 2. The van der Waals surface area contributed by atoms with E-state index in [-0.39, 0.29) is 0 Å².